The molecule has 1 aromatic heterocycles. The van der Waals surface area contributed by atoms with Gasteiger partial charge in [0.25, 0.3) is 0 Å². The second kappa shape index (κ2) is 9.75. The van der Waals surface area contributed by atoms with Crippen molar-refractivity contribution < 1.29 is 14.2 Å². The van der Waals surface area contributed by atoms with Crippen LogP contribution in [0.4, 0.5) is 5.13 Å². The molecule has 0 aliphatic heterocycles. The average molecular weight is 398 g/mol. The van der Waals surface area contributed by atoms with Crippen molar-refractivity contribution in [3.63, 3.8) is 0 Å². The number of thiazole rings is 1. The number of anilines is 1. The van der Waals surface area contributed by atoms with Gasteiger partial charge in [0.1, 0.15) is 5.75 Å². The van der Waals surface area contributed by atoms with E-state index in [0.29, 0.717) is 19.0 Å². The van der Waals surface area contributed by atoms with Gasteiger partial charge < -0.3 is 14.2 Å². The van der Waals surface area contributed by atoms with E-state index in [1.807, 2.05) is 61.7 Å². The Hall–Kier alpha value is -3.06. The molecular weight excluding hydrogens is 374 g/mol. The Bertz CT molecular complexity index is 923. The summed E-state index contributed by atoms with van der Waals surface area (Å²) in [5, 5.41) is 6.99. The number of hydrogen-bond donors (Lipinski definition) is 1. The van der Waals surface area contributed by atoms with E-state index in [4.69, 9.17) is 14.2 Å². The lowest BCUT2D eigenvalue weighted by atomic mass is 10.2. The highest BCUT2D eigenvalue weighted by Crippen LogP contribution is 2.28. The van der Waals surface area contributed by atoms with Crippen LogP contribution < -0.4 is 19.6 Å². The normalized spacial score (nSPS) is 10.8. The van der Waals surface area contributed by atoms with Crippen LogP contribution in [-0.2, 0) is 0 Å². The van der Waals surface area contributed by atoms with Crippen molar-refractivity contribution >= 4 is 22.7 Å². The maximum atomic E-state index is 5.64. The second-order valence-corrected chi connectivity index (χ2v) is 6.57. The number of hydrazone groups is 1. The van der Waals surface area contributed by atoms with Crippen molar-refractivity contribution in [1.29, 1.82) is 0 Å². The van der Waals surface area contributed by atoms with Crippen LogP contribution in [-0.4, -0.2) is 31.5 Å². The lowest BCUT2D eigenvalue weighted by Crippen LogP contribution is -1.99. The van der Waals surface area contributed by atoms with E-state index in [-0.39, 0.29) is 0 Å². The first-order valence-electron chi connectivity index (χ1n) is 9.02. The fourth-order valence-electron chi connectivity index (χ4n) is 2.53. The van der Waals surface area contributed by atoms with Gasteiger partial charge in [-0.05, 0) is 61.9 Å². The highest BCUT2D eigenvalue weighted by Gasteiger charge is 2.06. The van der Waals surface area contributed by atoms with Crippen molar-refractivity contribution in [1.82, 2.24) is 4.98 Å². The molecule has 0 unspecified atom stereocenters. The summed E-state index contributed by atoms with van der Waals surface area (Å²) in [5.41, 5.74) is 5.81. The minimum atomic E-state index is 0.576. The lowest BCUT2D eigenvalue weighted by molar-refractivity contribution is 0.288. The van der Waals surface area contributed by atoms with Gasteiger partial charge in [-0.3, -0.25) is 5.43 Å². The zero-order chi connectivity index (χ0) is 19.8. The SMILES string of the molecule is CCOc1ccc(/C=N\Nc2nc(-c3ccc(OC)cc3)cs2)cc1OCC. The van der Waals surface area contributed by atoms with Crippen LogP contribution in [0.5, 0.6) is 17.2 Å². The Morgan fingerprint density at radius 2 is 1.79 bits per heavy atom. The number of nitrogens with one attached hydrogen (secondary N) is 1. The first kappa shape index (κ1) is 19.7. The molecule has 7 heteroatoms. The van der Waals surface area contributed by atoms with Gasteiger partial charge in [-0.15, -0.1) is 11.3 Å². The third-order valence-corrected chi connectivity index (χ3v) is 4.58. The van der Waals surface area contributed by atoms with Gasteiger partial charge in [-0.1, -0.05) is 0 Å². The summed E-state index contributed by atoms with van der Waals surface area (Å²) in [6.45, 7) is 5.06. The molecule has 0 bridgehead atoms. The van der Waals surface area contributed by atoms with Crippen molar-refractivity contribution in [2.24, 2.45) is 5.10 Å². The molecule has 6 nitrogen and oxygen atoms in total. The van der Waals surface area contributed by atoms with Crippen molar-refractivity contribution in [3.05, 3.63) is 53.4 Å². The minimum absolute atomic E-state index is 0.576. The molecule has 1 heterocycles. The van der Waals surface area contributed by atoms with Crippen LogP contribution in [0.2, 0.25) is 0 Å². The summed E-state index contributed by atoms with van der Waals surface area (Å²) in [6.07, 6.45) is 1.73. The number of nitrogens with zero attached hydrogens (tertiary/aromatic N) is 2. The van der Waals surface area contributed by atoms with E-state index in [1.165, 1.54) is 11.3 Å². The molecule has 28 heavy (non-hydrogen) atoms. The second-order valence-electron chi connectivity index (χ2n) is 5.71. The molecule has 146 valence electrons. The number of aromatic nitrogens is 1. The fourth-order valence-corrected chi connectivity index (χ4v) is 3.20. The molecule has 0 saturated heterocycles. The Labute approximate surface area is 168 Å². The van der Waals surface area contributed by atoms with Gasteiger partial charge in [0.15, 0.2) is 11.5 Å². The fraction of sp³-hybridized carbons (Fsp3) is 0.238. The molecule has 0 aliphatic carbocycles. The highest BCUT2D eigenvalue weighted by molar-refractivity contribution is 7.14. The molecule has 0 aliphatic rings. The first-order valence-corrected chi connectivity index (χ1v) is 9.90. The van der Waals surface area contributed by atoms with E-state index in [2.05, 4.69) is 15.5 Å². The van der Waals surface area contributed by atoms with Gasteiger partial charge in [0.05, 0.1) is 32.2 Å². The minimum Gasteiger partial charge on any atom is -0.497 e. The van der Waals surface area contributed by atoms with Crippen LogP contribution >= 0.6 is 11.3 Å². The number of rotatable bonds is 9. The predicted octanol–water partition coefficient (Wildman–Crippen LogP) is 5.06. The van der Waals surface area contributed by atoms with Crippen molar-refractivity contribution in [3.8, 4) is 28.5 Å². The highest BCUT2D eigenvalue weighted by atomic mass is 32.1. The van der Waals surface area contributed by atoms with E-state index in [0.717, 1.165) is 33.5 Å². The van der Waals surface area contributed by atoms with Crippen molar-refractivity contribution in [2.45, 2.75) is 13.8 Å². The third kappa shape index (κ3) is 5.01. The molecule has 0 amide bonds. The summed E-state index contributed by atoms with van der Waals surface area (Å²) >= 11 is 1.50. The smallest absolute Gasteiger partial charge is 0.203 e. The summed E-state index contributed by atoms with van der Waals surface area (Å²) in [5.74, 6) is 2.27. The molecule has 0 saturated carbocycles. The molecular formula is C21H23N3O3S. The molecule has 0 radical (unpaired) electrons. The van der Waals surface area contributed by atoms with E-state index < -0.39 is 0 Å². The molecule has 3 aromatic rings. The Morgan fingerprint density at radius 3 is 2.50 bits per heavy atom. The molecule has 2 aromatic carbocycles. The van der Waals surface area contributed by atoms with Crippen LogP contribution in [0.15, 0.2) is 52.9 Å². The first-order chi connectivity index (χ1) is 13.7. The van der Waals surface area contributed by atoms with E-state index in [9.17, 15) is 0 Å². The number of benzene rings is 2. The quantitative estimate of drug-likeness (QED) is 0.404. The predicted molar refractivity (Wildman–Crippen MR) is 114 cm³/mol. The largest absolute Gasteiger partial charge is 0.497 e. The van der Waals surface area contributed by atoms with Gasteiger partial charge in [-0.2, -0.15) is 5.10 Å². The molecule has 0 spiro atoms. The number of hydrogen-bond acceptors (Lipinski definition) is 7. The summed E-state index contributed by atoms with van der Waals surface area (Å²) in [4.78, 5) is 4.56. The maximum Gasteiger partial charge on any atom is 0.203 e. The lowest BCUT2D eigenvalue weighted by Gasteiger charge is -2.11. The van der Waals surface area contributed by atoms with Crippen LogP contribution in [0.1, 0.15) is 19.4 Å². The Balaban J connectivity index is 1.66. The number of methoxy groups -OCH3 is 1. The van der Waals surface area contributed by atoms with Crippen molar-refractivity contribution in [2.75, 3.05) is 25.7 Å². The average Bonchev–Trinajstić information content (AvgIpc) is 3.19. The van der Waals surface area contributed by atoms with Gasteiger partial charge in [0.2, 0.25) is 5.13 Å². The third-order valence-electron chi connectivity index (χ3n) is 3.83. The summed E-state index contributed by atoms with van der Waals surface area (Å²) in [7, 11) is 1.65. The molecule has 3 rings (SSSR count). The molecule has 0 fully saturated rings. The zero-order valence-electron chi connectivity index (χ0n) is 16.1. The van der Waals surface area contributed by atoms with Gasteiger partial charge >= 0.3 is 0 Å². The van der Waals surface area contributed by atoms with E-state index in [1.54, 1.807) is 13.3 Å². The summed E-state index contributed by atoms with van der Waals surface area (Å²) < 4.78 is 16.4. The van der Waals surface area contributed by atoms with Crippen LogP contribution in [0, 0.1) is 0 Å². The number of ether oxygens (including phenoxy) is 3. The monoisotopic (exact) mass is 397 g/mol. The maximum absolute atomic E-state index is 5.64. The standard InChI is InChI=1S/C21H23N3O3S/c1-4-26-19-11-6-15(12-20(19)27-5-2)13-22-24-21-23-18(14-28-21)16-7-9-17(25-3)10-8-16/h6-14H,4-5H2,1-3H3,(H,23,24)/b22-13-. The molecule has 0 atom stereocenters. The van der Waals surface area contributed by atoms with Crippen LogP contribution in [0.25, 0.3) is 11.3 Å². The van der Waals surface area contributed by atoms with Gasteiger partial charge in [0, 0.05) is 10.9 Å². The Kier molecular flexibility index (Phi) is 6.86. The van der Waals surface area contributed by atoms with Crippen LogP contribution in [0.3, 0.4) is 0 Å². The Morgan fingerprint density at radius 1 is 1.04 bits per heavy atom. The van der Waals surface area contributed by atoms with Gasteiger partial charge in [-0.25, -0.2) is 4.98 Å². The topological polar surface area (TPSA) is 65.0 Å². The zero-order valence-corrected chi connectivity index (χ0v) is 17.0. The summed E-state index contributed by atoms with van der Waals surface area (Å²) in [6, 6.07) is 13.5. The molecule has 1 N–H and O–H groups in total. The van der Waals surface area contributed by atoms with E-state index >= 15 is 0 Å².